The Morgan fingerprint density at radius 1 is 0.680 bits per heavy atom. The Labute approximate surface area is 136 Å². The van der Waals surface area contributed by atoms with Crippen LogP contribution in [-0.2, 0) is 6.18 Å². The summed E-state index contributed by atoms with van der Waals surface area (Å²) in [7, 11) is 0. The average Bonchev–Trinajstić information content (AvgIpc) is 2.56. The van der Waals surface area contributed by atoms with E-state index in [0.29, 0.717) is 10.8 Å². The smallest absolute Gasteiger partial charge is 0.422 e. The van der Waals surface area contributed by atoms with Gasteiger partial charge in [-0.2, -0.15) is 22.0 Å². The van der Waals surface area contributed by atoms with Crippen LogP contribution in [0.3, 0.4) is 0 Å². The number of hydrogen-bond donors (Lipinski definition) is 0. The lowest BCUT2D eigenvalue weighted by Gasteiger charge is -2.15. The molecule has 0 aliphatic rings. The lowest BCUT2D eigenvalue weighted by Crippen LogP contribution is -2.15. The summed E-state index contributed by atoms with van der Waals surface area (Å²) in [6.45, 7) is 0. The van der Waals surface area contributed by atoms with E-state index in [1.165, 1.54) is 18.2 Å². The summed E-state index contributed by atoms with van der Waals surface area (Å²) in [6, 6.07) is 10.8. The van der Waals surface area contributed by atoms with E-state index in [-0.39, 0.29) is 5.75 Å². The fourth-order valence-electron chi connectivity index (χ4n) is 2.34. The van der Waals surface area contributed by atoms with Gasteiger partial charge in [-0.25, -0.2) is 8.78 Å². The fourth-order valence-corrected chi connectivity index (χ4v) is 2.34. The molecule has 0 spiro atoms. The molecule has 0 heterocycles. The molecule has 8 heteroatoms. The first kappa shape index (κ1) is 17.1. The van der Waals surface area contributed by atoms with Gasteiger partial charge in [0.15, 0.2) is 11.6 Å². The zero-order chi connectivity index (χ0) is 18.4. The van der Waals surface area contributed by atoms with E-state index in [1.54, 1.807) is 24.3 Å². The monoisotopic (exact) mass is 360 g/mol. The molecule has 0 radical (unpaired) electrons. The van der Waals surface area contributed by atoms with E-state index in [1.807, 2.05) is 0 Å². The fraction of sp³-hybridized carbons (Fsp3) is 0.0588. The maximum atomic E-state index is 13.9. The molecule has 3 aromatic rings. The number of halogens is 7. The van der Waals surface area contributed by atoms with Gasteiger partial charge in [0.05, 0.1) is 0 Å². The standard InChI is InChI=1S/C17H7F7O/c18-12-11(17(22,23)24)13(19)15(21)16(14(12)20)25-10-7-3-5-8-4-1-2-6-9(8)10/h1-7H. The van der Waals surface area contributed by atoms with E-state index < -0.39 is 40.8 Å². The second-order valence-corrected chi connectivity index (χ2v) is 5.04. The van der Waals surface area contributed by atoms with Crippen molar-refractivity contribution in [2.24, 2.45) is 0 Å². The molecular formula is C17H7F7O. The summed E-state index contributed by atoms with van der Waals surface area (Å²) >= 11 is 0. The minimum atomic E-state index is -5.60. The Hall–Kier alpha value is -2.77. The third-order valence-electron chi connectivity index (χ3n) is 3.47. The highest BCUT2D eigenvalue weighted by Crippen LogP contribution is 2.41. The number of benzene rings is 3. The largest absolute Gasteiger partial charge is 0.450 e. The van der Waals surface area contributed by atoms with Crippen LogP contribution in [0.4, 0.5) is 30.7 Å². The van der Waals surface area contributed by atoms with Crippen LogP contribution in [-0.4, -0.2) is 0 Å². The number of hydrogen-bond acceptors (Lipinski definition) is 1. The molecule has 0 atom stereocenters. The van der Waals surface area contributed by atoms with Crippen molar-refractivity contribution in [3.05, 3.63) is 71.3 Å². The number of rotatable bonds is 2. The van der Waals surface area contributed by atoms with Gasteiger partial charge >= 0.3 is 6.18 Å². The molecule has 0 aliphatic carbocycles. The van der Waals surface area contributed by atoms with Crippen LogP contribution < -0.4 is 4.74 Å². The van der Waals surface area contributed by atoms with Crippen LogP contribution in [0.15, 0.2) is 42.5 Å². The molecule has 0 aromatic heterocycles. The van der Waals surface area contributed by atoms with Crippen LogP contribution in [0.2, 0.25) is 0 Å². The Kier molecular flexibility index (Phi) is 4.06. The second kappa shape index (κ2) is 5.94. The van der Waals surface area contributed by atoms with Gasteiger partial charge in [0.1, 0.15) is 11.3 Å². The summed E-state index contributed by atoms with van der Waals surface area (Å²) in [5.41, 5.74) is -2.65. The Morgan fingerprint density at radius 3 is 1.84 bits per heavy atom. The van der Waals surface area contributed by atoms with Crippen molar-refractivity contribution in [2.75, 3.05) is 0 Å². The molecular weight excluding hydrogens is 353 g/mol. The number of fused-ring (bicyclic) bond motifs is 1. The summed E-state index contributed by atoms with van der Waals surface area (Å²) < 4.78 is 97.7. The van der Waals surface area contributed by atoms with Crippen molar-refractivity contribution in [3.8, 4) is 11.5 Å². The van der Waals surface area contributed by atoms with Crippen molar-refractivity contribution in [2.45, 2.75) is 6.18 Å². The van der Waals surface area contributed by atoms with E-state index in [9.17, 15) is 30.7 Å². The molecule has 0 unspecified atom stereocenters. The summed E-state index contributed by atoms with van der Waals surface area (Å²) in [5, 5.41) is 0.943. The Morgan fingerprint density at radius 2 is 1.24 bits per heavy atom. The Bertz CT molecular complexity index is 929. The summed E-state index contributed by atoms with van der Waals surface area (Å²) in [6.07, 6.45) is -5.60. The third kappa shape index (κ3) is 2.88. The second-order valence-electron chi connectivity index (χ2n) is 5.04. The molecule has 25 heavy (non-hydrogen) atoms. The highest BCUT2D eigenvalue weighted by atomic mass is 19.4. The van der Waals surface area contributed by atoms with Gasteiger partial charge in [-0.05, 0) is 11.5 Å². The minimum absolute atomic E-state index is 0.172. The van der Waals surface area contributed by atoms with Crippen molar-refractivity contribution in [1.82, 2.24) is 0 Å². The minimum Gasteiger partial charge on any atom is -0.450 e. The molecule has 0 amide bonds. The number of ether oxygens (including phenoxy) is 1. The van der Waals surface area contributed by atoms with Crippen molar-refractivity contribution in [1.29, 1.82) is 0 Å². The van der Waals surface area contributed by atoms with Gasteiger partial charge in [0.2, 0.25) is 17.4 Å². The summed E-state index contributed by atoms with van der Waals surface area (Å²) in [5.74, 6) is -11.4. The molecule has 3 aromatic carbocycles. The quantitative estimate of drug-likeness (QED) is 0.390. The first-order valence-electron chi connectivity index (χ1n) is 6.80. The van der Waals surface area contributed by atoms with Crippen molar-refractivity contribution >= 4 is 10.8 Å². The van der Waals surface area contributed by atoms with Gasteiger partial charge in [-0.15, -0.1) is 0 Å². The predicted molar refractivity (Wildman–Crippen MR) is 75.3 cm³/mol. The lowest BCUT2D eigenvalue weighted by atomic mass is 10.1. The molecule has 1 nitrogen and oxygen atoms in total. The van der Waals surface area contributed by atoms with E-state index in [0.717, 1.165) is 0 Å². The molecule has 0 aliphatic heterocycles. The van der Waals surface area contributed by atoms with Crippen molar-refractivity contribution < 1.29 is 35.5 Å². The summed E-state index contributed by atoms with van der Waals surface area (Å²) in [4.78, 5) is 0. The normalized spacial score (nSPS) is 11.8. The zero-order valence-corrected chi connectivity index (χ0v) is 12.1. The van der Waals surface area contributed by atoms with Crippen LogP contribution in [0, 0.1) is 23.3 Å². The maximum Gasteiger partial charge on any atom is 0.422 e. The molecule has 0 N–H and O–H groups in total. The predicted octanol–water partition coefficient (Wildman–Crippen LogP) is 6.21. The van der Waals surface area contributed by atoms with Crippen LogP contribution in [0.1, 0.15) is 5.56 Å². The van der Waals surface area contributed by atoms with E-state index >= 15 is 0 Å². The first-order chi connectivity index (χ1) is 11.7. The third-order valence-corrected chi connectivity index (χ3v) is 3.47. The first-order valence-corrected chi connectivity index (χ1v) is 6.80. The molecule has 0 bridgehead atoms. The topological polar surface area (TPSA) is 9.23 Å². The highest BCUT2D eigenvalue weighted by Gasteiger charge is 2.43. The van der Waals surface area contributed by atoms with E-state index in [4.69, 9.17) is 4.74 Å². The van der Waals surface area contributed by atoms with Gasteiger partial charge in [0, 0.05) is 5.39 Å². The molecule has 3 rings (SSSR count). The van der Waals surface area contributed by atoms with Crippen LogP contribution >= 0.6 is 0 Å². The van der Waals surface area contributed by atoms with Crippen LogP contribution in [0.25, 0.3) is 10.8 Å². The molecule has 0 fully saturated rings. The van der Waals surface area contributed by atoms with Gasteiger partial charge in [-0.1, -0.05) is 36.4 Å². The molecule has 130 valence electrons. The maximum absolute atomic E-state index is 13.9. The lowest BCUT2D eigenvalue weighted by molar-refractivity contribution is -0.143. The van der Waals surface area contributed by atoms with Gasteiger partial charge < -0.3 is 4.74 Å². The highest BCUT2D eigenvalue weighted by molar-refractivity contribution is 5.88. The molecule has 0 saturated carbocycles. The van der Waals surface area contributed by atoms with Gasteiger partial charge in [0.25, 0.3) is 0 Å². The van der Waals surface area contributed by atoms with E-state index in [2.05, 4.69) is 0 Å². The van der Waals surface area contributed by atoms with Crippen molar-refractivity contribution in [3.63, 3.8) is 0 Å². The zero-order valence-electron chi connectivity index (χ0n) is 12.1. The van der Waals surface area contributed by atoms with Crippen LogP contribution in [0.5, 0.6) is 11.5 Å². The Balaban J connectivity index is 2.19. The molecule has 0 saturated heterocycles. The average molecular weight is 360 g/mol. The number of alkyl halides is 3. The van der Waals surface area contributed by atoms with Gasteiger partial charge in [-0.3, -0.25) is 0 Å². The SMILES string of the molecule is Fc1c(F)c(C(F)(F)F)c(F)c(F)c1Oc1cccc2ccccc12.